The third-order valence-corrected chi connectivity index (χ3v) is 5.98. The highest BCUT2D eigenvalue weighted by atomic mass is 35.5. The number of thiazole rings is 1. The maximum Gasteiger partial charge on any atom is 0.417 e. The van der Waals surface area contributed by atoms with Crippen LogP contribution in [0, 0.1) is 0 Å². The van der Waals surface area contributed by atoms with E-state index in [2.05, 4.69) is 20.3 Å². The highest BCUT2D eigenvalue weighted by Crippen LogP contribution is 2.36. The van der Waals surface area contributed by atoms with E-state index < -0.39 is 22.7 Å². The summed E-state index contributed by atoms with van der Waals surface area (Å²) in [5, 5.41) is 2.46. The lowest BCUT2D eigenvalue weighted by atomic mass is 10.1. The molecule has 0 unspecified atom stereocenters. The Morgan fingerprint density at radius 1 is 1.21 bits per heavy atom. The van der Waals surface area contributed by atoms with E-state index in [1.165, 1.54) is 18.6 Å². The summed E-state index contributed by atoms with van der Waals surface area (Å²) in [5.74, 6) is -0.633. The molecule has 0 aliphatic heterocycles. The number of anilines is 2. The Morgan fingerprint density at radius 3 is 2.62 bits per heavy atom. The molecule has 1 aromatic carbocycles. The molecule has 0 atom stereocenters. The molecule has 0 saturated carbocycles. The number of benzene rings is 1. The monoisotopic (exact) mass is 512 g/mol. The van der Waals surface area contributed by atoms with Gasteiger partial charge >= 0.3 is 6.18 Å². The van der Waals surface area contributed by atoms with E-state index in [4.69, 9.17) is 17.3 Å². The number of rotatable bonds is 8. The number of Topliss-reactive ketones (excluding diaryl/α,β-unsaturated/α-hetero) is 1. The summed E-state index contributed by atoms with van der Waals surface area (Å²) < 4.78 is 39.1. The van der Waals surface area contributed by atoms with Crippen molar-refractivity contribution in [2.45, 2.75) is 25.6 Å². The number of nitrogens with zero attached hydrogens (tertiary/aromatic N) is 4. The first-order valence-corrected chi connectivity index (χ1v) is 11.0. The zero-order valence-electron chi connectivity index (χ0n) is 18.1. The fraction of sp³-hybridized carbons (Fsp3) is 0.286. The number of ketones is 1. The van der Waals surface area contributed by atoms with Crippen LogP contribution in [0.2, 0.25) is 5.02 Å². The van der Waals surface area contributed by atoms with Gasteiger partial charge in [-0.25, -0.2) is 15.0 Å². The van der Waals surface area contributed by atoms with Crippen molar-refractivity contribution < 1.29 is 22.8 Å². The Labute approximate surface area is 202 Å². The zero-order valence-corrected chi connectivity index (χ0v) is 19.7. The molecule has 0 aliphatic carbocycles. The van der Waals surface area contributed by atoms with E-state index in [1.807, 2.05) is 19.0 Å². The van der Waals surface area contributed by atoms with Crippen LogP contribution < -0.4 is 11.1 Å². The first-order chi connectivity index (χ1) is 16.0. The van der Waals surface area contributed by atoms with Gasteiger partial charge < -0.3 is 16.0 Å². The number of nitrogens with two attached hydrogens (primary N) is 1. The minimum atomic E-state index is -4.65. The molecule has 34 heavy (non-hydrogen) atoms. The van der Waals surface area contributed by atoms with Crippen LogP contribution in [0.1, 0.15) is 42.7 Å². The predicted octanol–water partition coefficient (Wildman–Crippen LogP) is 4.32. The number of hydrogen-bond acceptors (Lipinski definition) is 8. The first-order valence-electron chi connectivity index (χ1n) is 9.85. The molecule has 3 aromatic rings. The second-order valence-corrected chi connectivity index (χ2v) is 9.03. The summed E-state index contributed by atoms with van der Waals surface area (Å²) in [4.78, 5) is 39.4. The van der Waals surface area contributed by atoms with E-state index in [-0.39, 0.29) is 40.7 Å². The van der Waals surface area contributed by atoms with Crippen LogP contribution in [0.3, 0.4) is 0 Å². The number of alkyl halides is 3. The molecule has 0 radical (unpaired) electrons. The van der Waals surface area contributed by atoms with Crippen molar-refractivity contribution in [3.63, 3.8) is 0 Å². The van der Waals surface area contributed by atoms with E-state index >= 15 is 0 Å². The SMILES string of the molecule is CN(C)Cc1c(N)ncnc1C(=O)CCc1ncc(C(=O)Nc2ccc(Cl)c(C(F)(F)F)c2)s1. The lowest BCUT2D eigenvalue weighted by molar-refractivity contribution is -0.137. The second kappa shape index (κ2) is 10.5. The number of hydrogen-bond donors (Lipinski definition) is 2. The summed E-state index contributed by atoms with van der Waals surface area (Å²) in [5.41, 5.74) is 5.58. The minimum Gasteiger partial charge on any atom is -0.383 e. The summed E-state index contributed by atoms with van der Waals surface area (Å²) >= 11 is 6.64. The molecule has 0 bridgehead atoms. The number of carbonyl (C=O) groups excluding carboxylic acids is 2. The summed E-state index contributed by atoms with van der Waals surface area (Å²) in [7, 11) is 3.66. The van der Waals surface area contributed by atoms with Gasteiger partial charge in [0, 0.05) is 30.6 Å². The molecule has 0 fully saturated rings. The number of halogens is 4. The molecule has 3 N–H and O–H groups in total. The number of carbonyl (C=O) groups is 2. The van der Waals surface area contributed by atoms with Gasteiger partial charge in [0.15, 0.2) is 5.78 Å². The van der Waals surface area contributed by atoms with Crippen molar-refractivity contribution in [2.75, 3.05) is 25.1 Å². The van der Waals surface area contributed by atoms with Gasteiger partial charge in [-0.05, 0) is 32.3 Å². The number of nitrogen functional groups attached to an aromatic ring is 1. The minimum absolute atomic E-state index is 0.0541. The van der Waals surface area contributed by atoms with E-state index in [0.717, 1.165) is 23.5 Å². The predicted molar refractivity (Wildman–Crippen MR) is 123 cm³/mol. The van der Waals surface area contributed by atoms with Crippen LogP contribution in [0.4, 0.5) is 24.7 Å². The van der Waals surface area contributed by atoms with Gasteiger partial charge in [0.2, 0.25) is 0 Å². The molecule has 0 aliphatic rings. The van der Waals surface area contributed by atoms with Gasteiger partial charge in [-0.3, -0.25) is 9.59 Å². The zero-order chi connectivity index (χ0) is 25.0. The average molecular weight is 513 g/mol. The Hall–Kier alpha value is -3.09. The van der Waals surface area contributed by atoms with Gasteiger partial charge in [-0.15, -0.1) is 11.3 Å². The molecule has 2 aromatic heterocycles. The van der Waals surface area contributed by atoms with Crippen molar-refractivity contribution in [1.82, 2.24) is 19.9 Å². The molecule has 0 saturated heterocycles. The second-order valence-electron chi connectivity index (χ2n) is 7.51. The molecule has 1 amide bonds. The average Bonchev–Trinajstić information content (AvgIpc) is 3.23. The van der Waals surface area contributed by atoms with Crippen molar-refractivity contribution in [1.29, 1.82) is 0 Å². The van der Waals surface area contributed by atoms with Crippen LogP contribution >= 0.6 is 22.9 Å². The Morgan fingerprint density at radius 2 is 1.94 bits per heavy atom. The fourth-order valence-electron chi connectivity index (χ4n) is 3.02. The number of aromatic nitrogens is 3. The third-order valence-electron chi connectivity index (χ3n) is 4.59. The van der Waals surface area contributed by atoms with Crippen molar-refractivity contribution >= 4 is 46.1 Å². The largest absolute Gasteiger partial charge is 0.417 e. The molecular weight excluding hydrogens is 493 g/mol. The van der Waals surface area contributed by atoms with Crippen LogP contribution in [0.15, 0.2) is 30.7 Å². The normalized spacial score (nSPS) is 11.6. The smallest absolute Gasteiger partial charge is 0.383 e. The molecule has 2 heterocycles. The fourth-order valence-corrected chi connectivity index (χ4v) is 4.06. The van der Waals surface area contributed by atoms with Gasteiger partial charge in [-0.1, -0.05) is 11.6 Å². The summed E-state index contributed by atoms with van der Waals surface area (Å²) in [6, 6.07) is 3.10. The van der Waals surface area contributed by atoms with Crippen molar-refractivity contribution in [2.24, 2.45) is 0 Å². The lowest BCUT2D eigenvalue weighted by Gasteiger charge is -2.14. The third kappa shape index (κ3) is 6.27. The Kier molecular flexibility index (Phi) is 7.85. The van der Waals surface area contributed by atoms with Gasteiger partial charge in [0.25, 0.3) is 5.91 Å². The van der Waals surface area contributed by atoms with Crippen LogP contribution in [-0.4, -0.2) is 45.6 Å². The Bertz CT molecular complexity index is 1220. The first kappa shape index (κ1) is 25.5. The van der Waals surface area contributed by atoms with Crippen LogP contribution in [-0.2, 0) is 19.1 Å². The molecule has 8 nitrogen and oxygen atoms in total. The van der Waals surface area contributed by atoms with E-state index in [0.29, 0.717) is 17.1 Å². The maximum absolute atomic E-state index is 13.0. The van der Waals surface area contributed by atoms with E-state index in [1.54, 1.807) is 0 Å². The van der Waals surface area contributed by atoms with Crippen LogP contribution in [0.25, 0.3) is 0 Å². The van der Waals surface area contributed by atoms with Crippen molar-refractivity contribution in [3.8, 4) is 0 Å². The number of aryl methyl sites for hydroxylation is 1. The van der Waals surface area contributed by atoms with E-state index in [9.17, 15) is 22.8 Å². The van der Waals surface area contributed by atoms with Gasteiger partial charge in [0.1, 0.15) is 22.7 Å². The number of amides is 1. The Balaban J connectivity index is 1.66. The molecule has 13 heteroatoms. The summed E-state index contributed by atoms with van der Waals surface area (Å²) in [6.07, 6.45) is -1.78. The number of nitrogens with one attached hydrogen (secondary N) is 1. The molecular formula is C21H20ClF3N6O2S. The highest BCUT2D eigenvalue weighted by Gasteiger charge is 2.33. The lowest BCUT2D eigenvalue weighted by Crippen LogP contribution is -2.18. The highest BCUT2D eigenvalue weighted by molar-refractivity contribution is 7.13. The van der Waals surface area contributed by atoms with Crippen molar-refractivity contribution in [3.05, 3.63) is 62.5 Å². The van der Waals surface area contributed by atoms with Crippen LogP contribution in [0.5, 0.6) is 0 Å². The molecule has 3 rings (SSSR count). The molecule has 180 valence electrons. The van der Waals surface area contributed by atoms with Gasteiger partial charge in [0.05, 0.1) is 21.8 Å². The quantitative estimate of drug-likeness (QED) is 0.432. The maximum atomic E-state index is 13.0. The summed E-state index contributed by atoms with van der Waals surface area (Å²) in [6.45, 7) is 0.399. The standard InChI is InChI=1S/C21H20ClF3N6O2S/c1-31(2)9-12-18(28-10-29-19(12)26)15(32)5-6-17-27-8-16(34-17)20(33)30-11-3-4-14(22)13(7-11)21(23,24)25/h3-4,7-8,10H,5-6,9H2,1-2H3,(H,30,33)(H2,26,28,29). The molecule has 0 spiro atoms. The van der Waals surface area contributed by atoms with Gasteiger partial charge in [-0.2, -0.15) is 13.2 Å². The topological polar surface area (TPSA) is 114 Å².